The van der Waals surface area contributed by atoms with E-state index in [0.717, 1.165) is 11.1 Å². The summed E-state index contributed by atoms with van der Waals surface area (Å²) in [5.41, 5.74) is 4.34. The average molecular weight is 336 g/mol. The molecule has 5 rings (SSSR count). The number of Topliss-reactive ketones (excluding diaryl/α,β-unsaturated/α-hetero) is 1. The smallest absolute Gasteiger partial charge is 0.168 e. The molecule has 4 N–H and O–H groups in total. The lowest BCUT2D eigenvalue weighted by Crippen LogP contribution is -2.22. The third kappa shape index (κ3) is 1.72. The van der Waals surface area contributed by atoms with Crippen LogP contribution in [0.25, 0.3) is 11.1 Å². The number of hydrogen-bond donors (Lipinski definition) is 4. The van der Waals surface area contributed by atoms with Crippen molar-refractivity contribution >= 4 is 16.9 Å². The summed E-state index contributed by atoms with van der Waals surface area (Å²) >= 11 is 0. The standard InChI is InChI=1S/C20H16O5/c21-11-3-1-2-9-16-10(6-13(23)17(9)11)8-4-5-12(22)19-14(24)7-15(25)20(16)18(8)19/h1-5,10,14-15,21-22,24-25H,6-7H2/t10-,14+,15+/m0/s1. The zero-order valence-corrected chi connectivity index (χ0v) is 13.2. The van der Waals surface area contributed by atoms with E-state index in [1.807, 2.05) is 0 Å². The van der Waals surface area contributed by atoms with Crippen LogP contribution < -0.4 is 0 Å². The van der Waals surface area contributed by atoms with Gasteiger partial charge in [-0.05, 0) is 40.0 Å². The maximum Gasteiger partial charge on any atom is 0.168 e. The van der Waals surface area contributed by atoms with Crippen molar-refractivity contribution in [2.75, 3.05) is 0 Å². The van der Waals surface area contributed by atoms with Crippen LogP contribution in [0.2, 0.25) is 0 Å². The highest BCUT2D eigenvalue weighted by atomic mass is 16.3. The molecule has 5 heteroatoms. The van der Waals surface area contributed by atoms with E-state index in [2.05, 4.69) is 0 Å². The number of benzene rings is 2. The second-order valence-corrected chi connectivity index (χ2v) is 6.94. The van der Waals surface area contributed by atoms with E-state index in [1.165, 1.54) is 12.1 Å². The number of ketones is 1. The number of aromatic hydroxyl groups is 2. The van der Waals surface area contributed by atoms with E-state index in [-0.39, 0.29) is 41.6 Å². The Morgan fingerprint density at radius 3 is 2.48 bits per heavy atom. The van der Waals surface area contributed by atoms with Gasteiger partial charge in [-0.3, -0.25) is 4.79 Å². The highest BCUT2D eigenvalue weighted by Gasteiger charge is 2.46. The Balaban J connectivity index is 1.90. The summed E-state index contributed by atoms with van der Waals surface area (Å²) in [4.78, 5) is 12.6. The Bertz CT molecular complexity index is 988. The minimum Gasteiger partial charge on any atom is -0.508 e. The Morgan fingerprint density at radius 2 is 1.68 bits per heavy atom. The lowest BCUT2D eigenvalue weighted by Gasteiger charge is -2.29. The number of fused-ring (bicyclic) bond motifs is 4. The molecule has 0 saturated heterocycles. The summed E-state index contributed by atoms with van der Waals surface area (Å²) in [6.07, 6.45) is -1.54. The van der Waals surface area contributed by atoms with Gasteiger partial charge in [-0.1, -0.05) is 18.2 Å². The van der Waals surface area contributed by atoms with E-state index in [1.54, 1.807) is 18.2 Å². The number of rotatable bonds is 0. The second kappa shape index (κ2) is 4.71. The van der Waals surface area contributed by atoms with E-state index in [4.69, 9.17) is 0 Å². The molecule has 0 aromatic heterocycles. The van der Waals surface area contributed by atoms with Crippen LogP contribution >= 0.6 is 0 Å². The van der Waals surface area contributed by atoms with Crippen molar-refractivity contribution in [1.29, 1.82) is 0 Å². The van der Waals surface area contributed by atoms with Gasteiger partial charge in [0, 0.05) is 24.3 Å². The molecule has 0 bridgehead atoms. The number of allylic oxidation sites excluding steroid dienone is 1. The van der Waals surface area contributed by atoms with Gasteiger partial charge in [-0.2, -0.15) is 0 Å². The van der Waals surface area contributed by atoms with Crippen molar-refractivity contribution in [2.45, 2.75) is 31.0 Å². The van der Waals surface area contributed by atoms with Gasteiger partial charge >= 0.3 is 0 Å². The summed E-state index contributed by atoms with van der Waals surface area (Å²) in [6.45, 7) is 0. The maximum absolute atomic E-state index is 12.6. The van der Waals surface area contributed by atoms with Crippen LogP contribution in [-0.4, -0.2) is 32.3 Å². The van der Waals surface area contributed by atoms with Crippen LogP contribution in [0, 0.1) is 0 Å². The SMILES string of the molecule is O=C1C[C@@H]2C(=C3c4c2ccc(O)c4[C@H](O)C[C@H]3O)c2cccc(O)c21. The quantitative estimate of drug-likeness (QED) is 0.592. The summed E-state index contributed by atoms with van der Waals surface area (Å²) in [7, 11) is 0. The summed E-state index contributed by atoms with van der Waals surface area (Å²) in [5, 5.41) is 41.4. The van der Waals surface area contributed by atoms with Crippen molar-refractivity contribution in [3.63, 3.8) is 0 Å². The van der Waals surface area contributed by atoms with Gasteiger partial charge in [0.1, 0.15) is 11.5 Å². The summed E-state index contributed by atoms with van der Waals surface area (Å²) < 4.78 is 0. The van der Waals surface area contributed by atoms with Gasteiger partial charge in [0.15, 0.2) is 5.78 Å². The van der Waals surface area contributed by atoms with Gasteiger partial charge in [0.2, 0.25) is 0 Å². The Morgan fingerprint density at radius 1 is 0.880 bits per heavy atom. The monoisotopic (exact) mass is 336 g/mol. The fourth-order valence-electron chi connectivity index (χ4n) is 4.71. The molecular weight excluding hydrogens is 320 g/mol. The predicted molar refractivity (Wildman–Crippen MR) is 90.3 cm³/mol. The van der Waals surface area contributed by atoms with E-state index >= 15 is 0 Å². The largest absolute Gasteiger partial charge is 0.508 e. The molecule has 0 saturated carbocycles. The molecule has 0 unspecified atom stereocenters. The van der Waals surface area contributed by atoms with E-state index in [9.17, 15) is 25.2 Å². The number of phenolic OH excluding ortho intramolecular Hbond substituents is 2. The average Bonchev–Trinajstić information content (AvgIpc) is 2.88. The number of carbonyl (C=O) groups is 1. The predicted octanol–water partition coefficient (Wildman–Crippen LogP) is 2.49. The molecule has 3 aliphatic rings. The first kappa shape index (κ1) is 14.7. The lowest BCUT2D eigenvalue weighted by atomic mass is 9.77. The van der Waals surface area contributed by atoms with Crippen molar-refractivity contribution in [3.8, 4) is 11.5 Å². The van der Waals surface area contributed by atoms with Gasteiger partial charge < -0.3 is 20.4 Å². The Labute approximate surface area is 143 Å². The van der Waals surface area contributed by atoms with Crippen molar-refractivity contribution in [1.82, 2.24) is 0 Å². The molecule has 0 heterocycles. The first-order valence-electron chi connectivity index (χ1n) is 8.31. The normalized spacial score (nSPS) is 26.3. The number of carbonyl (C=O) groups excluding carboxylic acids is 1. The van der Waals surface area contributed by atoms with Gasteiger partial charge in [-0.25, -0.2) is 0 Å². The van der Waals surface area contributed by atoms with Crippen molar-refractivity contribution in [3.05, 3.63) is 58.1 Å². The molecular formula is C20H16O5. The fourth-order valence-corrected chi connectivity index (χ4v) is 4.71. The van der Waals surface area contributed by atoms with E-state index < -0.39 is 12.2 Å². The molecule has 3 atom stereocenters. The molecule has 0 radical (unpaired) electrons. The van der Waals surface area contributed by atoms with E-state index in [0.29, 0.717) is 22.3 Å². The molecule has 2 aromatic carbocycles. The van der Waals surface area contributed by atoms with Crippen LogP contribution in [-0.2, 0) is 0 Å². The maximum atomic E-state index is 12.6. The first-order chi connectivity index (χ1) is 12.0. The summed E-state index contributed by atoms with van der Waals surface area (Å²) in [5.74, 6) is -0.431. The fraction of sp³-hybridized carbons (Fsp3) is 0.250. The molecule has 126 valence electrons. The number of aliphatic hydroxyl groups is 2. The minimum absolute atomic E-state index is 0.00245. The minimum atomic E-state index is -0.950. The van der Waals surface area contributed by atoms with Crippen LogP contribution in [0.1, 0.15) is 57.5 Å². The molecule has 5 nitrogen and oxygen atoms in total. The zero-order chi connectivity index (χ0) is 17.5. The molecule has 3 aliphatic carbocycles. The number of hydrogen-bond acceptors (Lipinski definition) is 5. The highest BCUT2D eigenvalue weighted by Crippen LogP contribution is 2.59. The Kier molecular flexibility index (Phi) is 2.77. The molecule has 0 aliphatic heterocycles. The summed E-state index contributed by atoms with van der Waals surface area (Å²) in [6, 6.07) is 8.26. The molecule has 0 fully saturated rings. The molecule has 2 aromatic rings. The third-order valence-electron chi connectivity index (χ3n) is 5.65. The number of aliphatic hydroxyl groups excluding tert-OH is 2. The molecule has 25 heavy (non-hydrogen) atoms. The van der Waals surface area contributed by atoms with Crippen LogP contribution in [0.3, 0.4) is 0 Å². The van der Waals surface area contributed by atoms with Crippen molar-refractivity contribution in [2.24, 2.45) is 0 Å². The topological polar surface area (TPSA) is 98.0 Å². The van der Waals surface area contributed by atoms with Crippen LogP contribution in [0.4, 0.5) is 0 Å². The second-order valence-electron chi connectivity index (χ2n) is 6.94. The van der Waals surface area contributed by atoms with Gasteiger partial charge in [-0.15, -0.1) is 0 Å². The zero-order valence-electron chi connectivity index (χ0n) is 13.2. The first-order valence-corrected chi connectivity index (χ1v) is 8.31. The highest BCUT2D eigenvalue weighted by molar-refractivity contribution is 6.14. The third-order valence-corrected chi connectivity index (χ3v) is 5.65. The van der Waals surface area contributed by atoms with Gasteiger partial charge in [0.25, 0.3) is 0 Å². The number of phenols is 2. The van der Waals surface area contributed by atoms with Gasteiger partial charge in [0.05, 0.1) is 17.8 Å². The van der Waals surface area contributed by atoms with Crippen LogP contribution in [0.5, 0.6) is 11.5 Å². The Hall–Kier alpha value is -2.63. The van der Waals surface area contributed by atoms with Crippen molar-refractivity contribution < 1.29 is 25.2 Å². The lowest BCUT2D eigenvalue weighted by molar-refractivity contribution is 0.0970. The molecule has 0 amide bonds. The molecule has 0 spiro atoms. The van der Waals surface area contributed by atoms with Crippen LogP contribution in [0.15, 0.2) is 30.3 Å².